The van der Waals surface area contributed by atoms with Gasteiger partial charge in [0.2, 0.25) is 29.0 Å². The lowest BCUT2D eigenvalue weighted by molar-refractivity contribution is -0.127. The molecule has 3 aromatic carbocycles. The Morgan fingerprint density at radius 3 is 2.11 bits per heavy atom. The molecule has 9 heteroatoms. The highest BCUT2D eigenvalue weighted by atomic mass is 79.9. The van der Waals surface area contributed by atoms with Crippen molar-refractivity contribution < 1.29 is 28.3 Å². The number of hydrogen-bond donors (Lipinski definition) is 0. The van der Waals surface area contributed by atoms with Crippen LogP contribution in [0.1, 0.15) is 32.4 Å². The molecule has 174 valence electrons. The molecule has 2 heterocycles. The topological polar surface area (TPSA) is 80.8 Å². The van der Waals surface area contributed by atoms with Gasteiger partial charge in [-0.05, 0) is 35.9 Å². The van der Waals surface area contributed by atoms with E-state index in [9.17, 15) is 23.6 Å². The Balaban J connectivity index is 1.54. The first-order valence-corrected chi connectivity index (χ1v) is 11.9. The second kappa shape index (κ2) is 7.65. The molecular formula is C26H14BrClFNO5. The molecule has 1 spiro atoms. The van der Waals surface area contributed by atoms with E-state index in [4.69, 9.17) is 16.3 Å². The van der Waals surface area contributed by atoms with Crippen molar-refractivity contribution in [1.29, 1.82) is 0 Å². The van der Waals surface area contributed by atoms with Crippen molar-refractivity contribution in [3.8, 4) is 0 Å². The highest BCUT2D eigenvalue weighted by molar-refractivity contribution is 9.10. The summed E-state index contributed by atoms with van der Waals surface area (Å²) >= 11 is 9.28. The molecule has 3 atom stereocenters. The lowest BCUT2D eigenvalue weighted by Gasteiger charge is -2.27. The number of benzene rings is 3. The Hall–Kier alpha value is -3.20. The zero-order valence-corrected chi connectivity index (χ0v) is 20.0. The molecule has 2 aliphatic heterocycles. The van der Waals surface area contributed by atoms with Crippen LogP contribution in [0.4, 0.5) is 10.1 Å². The first-order valence-electron chi connectivity index (χ1n) is 10.7. The number of Topliss-reactive ketones (excluding diaryl/α,β-unsaturated/α-hetero) is 2. The number of rotatable bonds is 2. The summed E-state index contributed by atoms with van der Waals surface area (Å²) in [5.74, 6) is -5.95. The summed E-state index contributed by atoms with van der Waals surface area (Å²) in [6.07, 6.45) is -1.03. The van der Waals surface area contributed by atoms with Gasteiger partial charge in [0.15, 0.2) is 0 Å². The van der Waals surface area contributed by atoms with Gasteiger partial charge in [-0.1, -0.05) is 63.9 Å². The molecule has 0 saturated carbocycles. The maximum Gasteiger partial charge on any atom is 0.241 e. The number of ether oxygens (including phenoxy) is 1. The Labute approximate surface area is 211 Å². The third kappa shape index (κ3) is 2.90. The zero-order chi connectivity index (χ0) is 24.6. The van der Waals surface area contributed by atoms with E-state index in [1.165, 1.54) is 24.3 Å². The molecule has 2 amide bonds. The quantitative estimate of drug-likeness (QED) is 0.331. The van der Waals surface area contributed by atoms with Crippen molar-refractivity contribution in [2.45, 2.75) is 11.7 Å². The van der Waals surface area contributed by atoms with Crippen LogP contribution in [0.3, 0.4) is 0 Å². The van der Waals surface area contributed by atoms with Crippen LogP contribution in [0.2, 0.25) is 5.02 Å². The van der Waals surface area contributed by atoms with Gasteiger partial charge in [0, 0.05) is 15.6 Å². The number of anilines is 1. The first-order chi connectivity index (χ1) is 16.8. The van der Waals surface area contributed by atoms with E-state index < -0.39 is 52.7 Å². The number of hydrogen-bond acceptors (Lipinski definition) is 5. The van der Waals surface area contributed by atoms with Crippen molar-refractivity contribution in [3.63, 3.8) is 0 Å². The number of halogens is 3. The van der Waals surface area contributed by atoms with E-state index in [2.05, 4.69) is 15.9 Å². The SMILES string of the molecule is O=C1[C@@H]2[C@H](c3ccc(Br)cc3)OC3(C(=O)c4ccccc4C3=O)[C@H]2C(=O)N1c1ccc(F)c(Cl)c1. The Morgan fingerprint density at radius 2 is 1.51 bits per heavy atom. The third-order valence-corrected chi connectivity index (χ3v) is 7.70. The molecule has 0 bridgehead atoms. The molecule has 0 unspecified atom stereocenters. The summed E-state index contributed by atoms with van der Waals surface area (Å²) in [6.45, 7) is 0. The summed E-state index contributed by atoms with van der Waals surface area (Å²) in [6, 6.07) is 16.6. The molecule has 3 aliphatic rings. The zero-order valence-electron chi connectivity index (χ0n) is 17.7. The highest BCUT2D eigenvalue weighted by Gasteiger charge is 2.74. The number of amides is 2. The molecule has 3 aromatic rings. The number of carbonyl (C=O) groups excluding carboxylic acids is 4. The van der Waals surface area contributed by atoms with E-state index in [-0.39, 0.29) is 21.8 Å². The van der Waals surface area contributed by atoms with Crippen LogP contribution in [0.5, 0.6) is 0 Å². The molecule has 2 saturated heterocycles. The van der Waals surface area contributed by atoms with Gasteiger partial charge in [-0.25, -0.2) is 9.29 Å². The maximum absolute atomic E-state index is 13.8. The number of fused-ring (bicyclic) bond motifs is 3. The van der Waals surface area contributed by atoms with Gasteiger partial charge in [-0.2, -0.15) is 0 Å². The number of carbonyl (C=O) groups is 4. The van der Waals surface area contributed by atoms with Gasteiger partial charge in [0.1, 0.15) is 5.82 Å². The molecule has 0 aromatic heterocycles. The number of imide groups is 1. The normalized spacial score (nSPS) is 24.4. The van der Waals surface area contributed by atoms with Gasteiger partial charge in [0.25, 0.3) is 0 Å². The first kappa shape index (κ1) is 22.3. The smallest absolute Gasteiger partial charge is 0.241 e. The van der Waals surface area contributed by atoms with Crippen LogP contribution in [-0.4, -0.2) is 29.0 Å². The van der Waals surface area contributed by atoms with E-state index in [0.29, 0.717) is 5.56 Å². The van der Waals surface area contributed by atoms with Gasteiger partial charge < -0.3 is 4.74 Å². The molecule has 0 radical (unpaired) electrons. The van der Waals surface area contributed by atoms with Crippen LogP contribution < -0.4 is 4.90 Å². The van der Waals surface area contributed by atoms with Crippen LogP contribution >= 0.6 is 27.5 Å². The summed E-state index contributed by atoms with van der Waals surface area (Å²) in [5.41, 5.74) is -1.28. The Kier molecular flexibility index (Phi) is 4.87. The molecule has 6 rings (SSSR count). The Morgan fingerprint density at radius 1 is 0.886 bits per heavy atom. The van der Waals surface area contributed by atoms with Gasteiger partial charge in [0.05, 0.1) is 28.6 Å². The maximum atomic E-state index is 13.8. The van der Waals surface area contributed by atoms with E-state index in [0.717, 1.165) is 15.4 Å². The molecule has 6 nitrogen and oxygen atoms in total. The van der Waals surface area contributed by atoms with E-state index in [1.54, 1.807) is 36.4 Å². The predicted octanol–water partition coefficient (Wildman–Crippen LogP) is 4.94. The fraction of sp³-hybridized carbons (Fsp3) is 0.154. The van der Waals surface area contributed by atoms with E-state index in [1.807, 2.05) is 0 Å². The fourth-order valence-corrected chi connectivity index (χ4v) is 5.79. The summed E-state index contributed by atoms with van der Waals surface area (Å²) in [4.78, 5) is 55.8. The largest absolute Gasteiger partial charge is 0.349 e. The average molecular weight is 555 g/mol. The predicted molar refractivity (Wildman–Crippen MR) is 127 cm³/mol. The minimum absolute atomic E-state index is 0.0564. The van der Waals surface area contributed by atoms with E-state index >= 15 is 0 Å². The minimum atomic E-state index is -2.17. The van der Waals surface area contributed by atoms with Crippen molar-refractivity contribution in [2.75, 3.05) is 4.90 Å². The minimum Gasteiger partial charge on any atom is -0.349 e. The lowest BCUT2D eigenvalue weighted by atomic mass is 9.77. The standard InChI is InChI=1S/C26H14BrClFNO5/c27-13-7-5-12(6-8-13)21-19-20(25(34)30(24(19)33)14-9-10-18(29)17(28)11-14)26(35-21)22(31)15-3-1-2-4-16(15)23(26)32/h1-11,19-21H/t19-,20+,21-/m0/s1. The summed E-state index contributed by atoms with van der Waals surface area (Å²) < 4.78 is 20.8. The van der Waals surface area contributed by atoms with Crippen molar-refractivity contribution in [1.82, 2.24) is 0 Å². The molecular weight excluding hydrogens is 541 g/mol. The van der Waals surface area contributed by atoms with Crippen molar-refractivity contribution in [3.05, 3.63) is 98.7 Å². The van der Waals surface area contributed by atoms with Crippen LogP contribution in [-0.2, 0) is 14.3 Å². The monoisotopic (exact) mass is 553 g/mol. The second-order valence-corrected chi connectivity index (χ2v) is 9.97. The van der Waals surface area contributed by atoms with Crippen LogP contribution in [0.25, 0.3) is 0 Å². The van der Waals surface area contributed by atoms with Gasteiger partial charge in [-0.3, -0.25) is 19.2 Å². The highest BCUT2D eigenvalue weighted by Crippen LogP contribution is 2.57. The van der Waals surface area contributed by atoms with Crippen LogP contribution in [0.15, 0.2) is 71.2 Å². The summed E-state index contributed by atoms with van der Waals surface area (Å²) in [7, 11) is 0. The van der Waals surface area contributed by atoms with Gasteiger partial charge in [-0.15, -0.1) is 0 Å². The number of nitrogens with zero attached hydrogens (tertiary/aromatic N) is 1. The van der Waals surface area contributed by atoms with Gasteiger partial charge >= 0.3 is 0 Å². The fourth-order valence-electron chi connectivity index (χ4n) is 5.35. The Bertz CT molecular complexity index is 1440. The lowest BCUT2D eigenvalue weighted by Crippen LogP contribution is -2.51. The van der Waals surface area contributed by atoms with Crippen molar-refractivity contribution >= 4 is 56.6 Å². The number of ketones is 2. The summed E-state index contributed by atoms with van der Waals surface area (Å²) in [5, 5.41) is -0.268. The third-order valence-electron chi connectivity index (χ3n) is 6.88. The van der Waals surface area contributed by atoms with Crippen molar-refractivity contribution in [2.24, 2.45) is 11.8 Å². The molecule has 0 N–H and O–H groups in total. The average Bonchev–Trinajstić information content (AvgIpc) is 3.41. The molecule has 35 heavy (non-hydrogen) atoms. The second-order valence-electron chi connectivity index (χ2n) is 8.64. The van der Waals surface area contributed by atoms with Crippen LogP contribution in [0, 0.1) is 17.7 Å². The molecule has 2 fully saturated rings. The molecule has 1 aliphatic carbocycles.